The zero-order valence-electron chi connectivity index (χ0n) is 13.4. The van der Waals surface area contributed by atoms with E-state index in [4.69, 9.17) is 15.3 Å². The van der Waals surface area contributed by atoms with Crippen LogP contribution in [-0.2, 0) is 16.6 Å². The van der Waals surface area contributed by atoms with Gasteiger partial charge in [0, 0.05) is 19.2 Å². The highest BCUT2D eigenvalue weighted by atomic mass is 32.2. The average molecular weight is 351 g/mol. The van der Waals surface area contributed by atoms with E-state index in [9.17, 15) is 13.2 Å². The number of hydrogen-bond donors (Lipinski definition) is 2. The molecular formula is C16H21N3O4S. The number of carbonyl (C=O) groups excluding carboxylic acids is 1. The van der Waals surface area contributed by atoms with Gasteiger partial charge in [-0.15, -0.1) is 0 Å². The van der Waals surface area contributed by atoms with E-state index >= 15 is 0 Å². The van der Waals surface area contributed by atoms with Gasteiger partial charge in [0.2, 0.25) is 10.0 Å². The maximum absolute atomic E-state index is 12.7. The first-order valence-electron chi connectivity index (χ1n) is 7.49. The van der Waals surface area contributed by atoms with Crippen molar-refractivity contribution in [2.75, 3.05) is 13.1 Å². The fourth-order valence-electron chi connectivity index (χ4n) is 2.35. The maximum atomic E-state index is 12.7. The minimum absolute atomic E-state index is 0.0514. The van der Waals surface area contributed by atoms with Crippen LogP contribution in [0.1, 0.15) is 28.3 Å². The van der Waals surface area contributed by atoms with E-state index in [0.29, 0.717) is 26.1 Å². The highest BCUT2D eigenvalue weighted by Gasteiger charge is 2.24. The molecule has 0 unspecified atom stereocenters. The number of sulfonamides is 1. The quantitative estimate of drug-likeness (QED) is 0.777. The largest absolute Gasteiger partial charge is 0.455 e. The maximum Gasteiger partial charge on any atom is 0.289 e. The standard InChI is InChI=1S/C16H21N3O4S/c1-12-15(24(18,21)22)10-14(23-12)16(20)19(9-5-8-17)11-13-6-3-2-4-7-13/h2-4,6-7,10H,5,8-9,11,17H2,1H3,(H2,18,21,22). The topological polar surface area (TPSA) is 120 Å². The van der Waals surface area contributed by atoms with Crippen LogP contribution in [0.15, 0.2) is 45.7 Å². The number of primary sulfonamides is 1. The summed E-state index contributed by atoms with van der Waals surface area (Å²) in [5.41, 5.74) is 6.49. The van der Waals surface area contributed by atoms with Gasteiger partial charge in [0.1, 0.15) is 10.7 Å². The van der Waals surface area contributed by atoms with Gasteiger partial charge >= 0.3 is 0 Å². The molecule has 0 radical (unpaired) electrons. The Labute approximate surface area is 141 Å². The summed E-state index contributed by atoms with van der Waals surface area (Å²) in [6.45, 7) is 2.72. The van der Waals surface area contributed by atoms with Crippen LogP contribution in [0.25, 0.3) is 0 Å². The van der Waals surface area contributed by atoms with Crippen LogP contribution >= 0.6 is 0 Å². The lowest BCUT2D eigenvalue weighted by atomic mass is 10.2. The van der Waals surface area contributed by atoms with E-state index in [2.05, 4.69) is 0 Å². The summed E-state index contributed by atoms with van der Waals surface area (Å²) in [6.07, 6.45) is 0.625. The highest BCUT2D eigenvalue weighted by Crippen LogP contribution is 2.21. The molecule has 1 aromatic heterocycles. The van der Waals surface area contributed by atoms with Crippen molar-refractivity contribution in [1.82, 2.24) is 4.90 Å². The molecule has 1 aromatic carbocycles. The van der Waals surface area contributed by atoms with E-state index in [0.717, 1.165) is 5.56 Å². The Morgan fingerprint density at radius 3 is 2.46 bits per heavy atom. The van der Waals surface area contributed by atoms with E-state index < -0.39 is 15.9 Å². The number of benzene rings is 1. The Morgan fingerprint density at radius 2 is 1.92 bits per heavy atom. The number of aryl methyl sites for hydroxylation is 1. The van der Waals surface area contributed by atoms with Crippen LogP contribution in [0.4, 0.5) is 0 Å². The smallest absolute Gasteiger partial charge is 0.289 e. The molecule has 0 aliphatic rings. The Balaban J connectivity index is 2.27. The SMILES string of the molecule is Cc1oc(C(=O)N(CCCN)Cc2ccccc2)cc1S(N)(=O)=O. The van der Waals surface area contributed by atoms with Crippen LogP contribution in [0.2, 0.25) is 0 Å². The molecule has 0 atom stereocenters. The van der Waals surface area contributed by atoms with Gasteiger partial charge in [0.25, 0.3) is 5.91 Å². The molecule has 0 saturated heterocycles. The van der Waals surface area contributed by atoms with Crippen LogP contribution in [0.5, 0.6) is 0 Å². The van der Waals surface area contributed by atoms with Gasteiger partial charge in [0.05, 0.1) is 0 Å². The first-order valence-corrected chi connectivity index (χ1v) is 9.04. The molecule has 1 amide bonds. The summed E-state index contributed by atoms with van der Waals surface area (Å²) in [5, 5.41) is 5.12. The van der Waals surface area contributed by atoms with Crippen molar-refractivity contribution in [2.45, 2.75) is 24.8 Å². The number of rotatable bonds is 7. The fraction of sp³-hybridized carbons (Fsp3) is 0.312. The van der Waals surface area contributed by atoms with Gasteiger partial charge in [-0.25, -0.2) is 13.6 Å². The number of furan rings is 1. The average Bonchev–Trinajstić information content (AvgIpc) is 2.94. The van der Waals surface area contributed by atoms with Crippen LogP contribution in [0.3, 0.4) is 0 Å². The molecule has 0 aliphatic carbocycles. The molecular weight excluding hydrogens is 330 g/mol. The summed E-state index contributed by atoms with van der Waals surface area (Å²) >= 11 is 0. The van der Waals surface area contributed by atoms with Crippen molar-refractivity contribution in [3.05, 3.63) is 53.5 Å². The number of nitrogens with zero attached hydrogens (tertiary/aromatic N) is 1. The Bertz CT molecular complexity index is 800. The third-order valence-corrected chi connectivity index (χ3v) is 4.54. The van der Waals surface area contributed by atoms with Crippen LogP contribution in [-0.4, -0.2) is 32.3 Å². The molecule has 8 heteroatoms. The summed E-state index contributed by atoms with van der Waals surface area (Å²) in [5.74, 6) is -0.353. The number of hydrogen-bond acceptors (Lipinski definition) is 5. The van der Waals surface area contributed by atoms with Crippen molar-refractivity contribution < 1.29 is 17.6 Å². The van der Waals surface area contributed by atoms with Gasteiger partial charge in [-0.05, 0) is 25.5 Å². The summed E-state index contributed by atoms with van der Waals surface area (Å²) in [7, 11) is -3.93. The molecule has 0 aliphatic heterocycles. The highest BCUT2D eigenvalue weighted by molar-refractivity contribution is 7.89. The Hall–Kier alpha value is -2.16. The number of carbonyl (C=O) groups is 1. The number of amides is 1. The van der Waals surface area contributed by atoms with Crippen LogP contribution in [0, 0.1) is 6.92 Å². The first-order chi connectivity index (χ1) is 11.3. The third-order valence-electron chi connectivity index (χ3n) is 3.53. The Morgan fingerprint density at radius 1 is 1.25 bits per heavy atom. The van der Waals surface area contributed by atoms with E-state index in [1.165, 1.54) is 13.0 Å². The van der Waals surface area contributed by atoms with Gasteiger partial charge < -0.3 is 15.1 Å². The summed E-state index contributed by atoms with van der Waals surface area (Å²) in [6, 6.07) is 10.7. The summed E-state index contributed by atoms with van der Waals surface area (Å²) in [4.78, 5) is 14.1. The lowest BCUT2D eigenvalue weighted by Gasteiger charge is -2.21. The molecule has 0 spiro atoms. The minimum atomic E-state index is -3.93. The zero-order chi connectivity index (χ0) is 17.7. The predicted octanol–water partition coefficient (Wildman–Crippen LogP) is 1.23. The molecule has 4 N–H and O–H groups in total. The van der Waals surface area contributed by atoms with Gasteiger partial charge in [-0.1, -0.05) is 30.3 Å². The molecule has 0 fully saturated rings. The molecule has 1 heterocycles. The lowest BCUT2D eigenvalue weighted by Crippen LogP contribution is -2.32. The van der Waals surface area contributed by atoms with Crippen molar-refractivity contribution in [3.63, 3.8) is 0 Å². The van der Waals surface area contributed by atoms with Crippen molar-refractivity contribution in [1.29, 1.82) is 0 Å². The molecule has 0 bridgehead atoms. The van der Waals surface area contributed by atoms with Gasteiger partial charge in [-0.3, -0.25) is 4.79 Å². The van der Waals surface area contributed by atoms with Crippen molar-refractivity contribution >= 4 is 15.9 Å². The van der Waals surface area contributed by atoms with E-state index in [1.807, 2.05) is 30.3 Å². The Kier molecular flexibility index (Phi) is 5.76. The predicted molar refractivity (Wildman–Crippen MR) is 89.7 cm³/mol. The zero-order valence-corrected chi connectivity index (χ0v) is 14.3. The second-order valence-electron chi connectivity index (χ2n) is 5.43. The molecule has 2 aromatic rings. The molecule has 2 rings (SSSR count). The monoisotopic (exact) mass is 351 g/mol. The second-order valence-corrected chi connectivity index (χ2v) is 6.96. The normalized spacial score (nSPS) is 11.5. The van der Waals surface area contributed by atoms with E-state index in [1.54, 1.807) is 4.90 Å². The van der Waals surface area contributed by atoms with Gasteiger partial charge in [0.15, 0.2) is 5.76 Å². The summed E-state index contributed by atoms with van der Waals surface area (Å²) < 4.78 is 28.3. The van der Waals surface area contributed by atoms with Gasteiger partial charge in [-0.2, -0.15) is 0 Å². The van der Waals surface area contributed by atoms with Crippen LogP contribution < -0.4 is 10.9 Å². The number of nitrogens with two attached hydrogens (primary N) is 2. The second kappa shape index (κ2) is 7.61. The minimum Gasteiger partial charge on any atom is -0.455 e. The van der Waals surface area contributed by atoms with Crippen molar-refractivity contribution in [3.8, 4) is 0 Å². The fourth-order valence-corrected chi connectivity index (χ4v) is 3.06. The van der Waals surface area contributed by atoms with Crippen molar-refractivity contribution in [2.24, 2.45) is 10.9 Å². The molecule has 24 heavy (non-hydrogen) atoms. The first kappa shape index (κ1) is 18.2. The van der Waals surface area contributed by atoms with E-state index in [-0.39, 0.29) is 16.4 Å². The third kappa shape index (κ3) is 4.44. The lowest BCUT2D eigenvalue weighted by molar-refractivity contribution is 0.0708. The molecule has 7 nitrogen and oxygen atoms in total. The molecule has 130 valence electrons. The molecule has 0 saturated carbocycles.